The van der Waals surface area contributed by atoms with Crippen LogP contribution in [0.5, 0.6) is 0 Å². The molecule has 126 valence electrons. The number of morpholine rings is 1. The molecule has 22 heavy (non-hydrogen) atoms. The Bertz CT molecular complexity index is 399. The molecule has 2 rings (SSSR count). The summed E-state index contributed by atoms with van der Waals surface area (Å²) in [5.74, 6) is -0.986. The first-order valence-electron chi connectivity index (χ1n) is 8.29. The van der Waals surface area contributed by atoms with Crippen LogP contribution in [0.1, 0.15) is 46.0 Å². The molecule has 1 aliphatic carbocycles. The summed E-state index contributed by atoms with van der Waals surface area (Å²) >= 11 is 0. The molecule has 0 spiro atoms. The maximum atomic E-state index is 12.7. The third-order valence-corrected chi connectivity index (χ3v) is 4.95. The van der Waals surface area contributed by atoms with Crippen molar-refractivity contribution in [2.45, 2.75) is 57.5 Å². The van der Waals surface area contributed by atoms with E-state index in [9.17, 15) is 9.59 Å². The van der Waals surface area contributed by atoms with Gasteiger partial charge < -0.3 is 14.7 Å². The normalized spacial score (nSPS) is 22.0. The van der Waals surface area contributed by atoms with E-state index >= 15 is 0 Å². The highest BCUT2D eigenvalue weighted by Crippen LogP contribution is 2.39. The molecule has 6 heteroatoms. The second-order valence-electron chi connectivity index (χ2n) is 6.72. The summed E-state index contributed by atoms with van der Waals surface area (Å²) in [5.41, 5.74) is -0.0908. The Morgan fingerprint density at radius 1 is 1.23 bits per heavy atom. The van der Waals surface area contributed by atoms with Gasteiger partial charge in [-0.1, -0.05) is 12.8 Å². The van der Waals surface area contributed by atoms with E-state index in [2.05, 4.69) is 4.90 Å². The van der Waals surface area contributed by atoms with E-state index < -0.39 is 5.97 Å². The highest BCUT2D eigenvalue weighted by atomic mass is 16.5. The number of carbonyl (C=O) groups excluding carboxylic acids is 1. The highest BCUT2D eigenvalue weighted by Gasteiger charge is 2.42. The third kappa shape index (κ3) is 3.98. The van der Waals surface area contributed by atoms with E-state index in [1.807, 2.05) is 13.8 Å². The molecule has 2 fully saturated rings. The molecular formula is C16H28N2O4. The summed E-state index contributed by atoms with van der Waals surface area (Å²) in [6.07, 6.45) is 4.77. The Morgan fingerprint density at radius 2 is 1.82 bits per heavy atom. The van der Waals surface area contributed by atoms with Crippen LogP contribution in [0, 0.1) is 0 Å². The van der Waals surface area contributed by atoms with Crippen molar-refractivity contribution in [1.29, 1.82) is 0 Å². The van der Waals surface area contributed by atoms with Crippen molar-refractivity contribution in [3.8, 4) is 0 Å². The summed E-state index contributed by atoms with van der Waals surface area (Å²) in [6, 6.07) is -0.0910. The second-order valence-corrected chi connectivity index (χ2v) is 6.72. The zero-order valence-corrected chi connectivity index (χ0v) is 13.7. The van der Waals surface area contributed by atoms with Crippen molar-refractivity contribution in [2.75, 3.05) is 32.8 Å². The van der Waals surface area contributed by atoms with Crippen LogP contribution in [0.3, 0.4) is 0 Å². The fraction of sp³-hybridized carbons (Fsp3) is 0.875. The van der Waals surface area contributed by atoms with E-state index in [0.717, 1.165) is 52.0 Å². The molecule has 0 unspecified atom stereocenters. The van der Waals surface area contributed by atoms with Gasteiger partial charge in [-0.2, -0.15) is 0 Å². The van der Waals surface area contributed by atoms with Crippen molar-refractivity contribution in [1.82, 2.24) is 9.80 Å². The van der Waals surface area contributed by atoms with Crippen LogP contribution in [0.15, 0.2) is 0 Å². The summed E-state index contributed by atoms with van der Waals surface area (Å²) in [5, 5.41) is 9.03. The quantitative estimate of drug-likeness (QED) is 0.801. The molecule has 1 saturated heterocycles. The number of carboxylic acids is 1. The van der Waals surface area contributed by atoms with Crippen molar-refractivity contribution >= 4 is 11.9 Å². The minimum absolute atomic E-state index is 0.0363. The van der Waals surface area contributed by atoms with Crippen molar-refractivity contribution in [2.24, 2.45) is 0 Å². The predicted molar refractivity (Wildman–Crippen MR) is 82.7 cm³/mol. The van der Waals surface area contributed by atoms with Gasteiger partial charge in [0.25, 0.3) is 0 Å². The zero-order valence-electron chi connectivity index (χ0n) is 13.7. The number of amides is 1. The topological polar surface area (TPSA) is 70.1 Å². The molecule has 0 aromatic rings. The SMILES string of the molecule is CC(C)N(CC(=O)O)C(=O)CC1(N2CCOCC2)CCCC1. The van der Waals surface area contributed by atoms with Gasteiger partial charge in [0, 0.05) is 31.1 Å². The number of hydrogen-bond acceptors (Lipinski definition) is 4. The summed E-state index contributed by atoms with van der Waals surface area (Å²) < 4.78 is 5.43. The first-order chi connectivity index (χ1) is 10.4. The van der Waals surface area contributed by atoms with Crippen LogP contribution in [-0.4, -0.2) is 71.2 Å². The molecular weight excluding hydrogens is 284 g/mol. The zero-order chi connectivity index (χ0) is 16.2. The molecule has 0 bridgehead atoms. The fourth-order valence-corrected chi connectivity index (χ4v) is 3.76. The van der Waals surface area contributed by atoms with E-state index in [1.165, 1.54) is 4.90 Å². The van der Waals surface area contributed by atoms with Gasteiger partial charge in [0.1, 0.15) is 6.54 Å². The van der Waals surface area contributed by atoms with Crippen molar-refractivity contribution in [3.63, 3.8) is 0 Å². The van der Waals surface area contributed by atoms with Gasteiger partial charge in [-0.05, 0) is 26.7 Å². The number of carboxylic acid groups (broad SMARTS) is 1. The van der Waals surface area contributed by atoms with E-state index in [0.29, 0.717) is 6.42 Å². The number of carbonyl (C=O) groups is 2. The highest BCUT2D eigenvalue weighted by molar-refractivity contribution is 5.82. The first-order valence-corrected chi connectivity index (χ1v) is 8.29. The molecule has 1 amide bonds. The molecule has 0 aromatic heterocycles. The van der Waals surface area contributed by atoms with Crippen molar-refractivity contribution in [3.05, 3.63) is 0 Å². The lowest BCUT2D eigenvalue weighted by molar-refractivity contribution is -0.147. The number of hydrogen-bond donors (Lipinski definition) is 1. The molecule has 6 nitrogen and oxygen atoms in total. The Labute approximate surface area is 132 Å². The standard InChI is InChI=1S/C16H28N2O4/c1-13(2)18(12-15(20)21)14(19)11-16(5-3-4-6-16)17-7-9-22-10-8-17/h13H,3-12H2,1-2H3,(H,20,21). The molecule has 1 saturated carbocycles. The predicted octanol–water partition coefficient (Wildman–Crippen LogP) is 1.34. The summed E-state index contributed by atoms with van der Waals surface area (Å²) in [7, 11) is 0. The van der Waals surface area contributed by atoms with Crippen molar-refractivity contribution < 1.29 is 19.4 Å². The largest absolute Gasteiger partial charge is 0.480 e. The van der Waals surface area contributed by atoms with Crippen LogP contribution in [-0.2, 0) is 14.3 Å². The van der Waals surface area contributed by atoms with E-state index in [1.54, 1.807) is 0 Å². The van der Waals surface area contributed by atoms with Gasteiger partial charge in [0.05, 0.1) is 13.2 Å². The number of nitrogens with zero attached hydrogens (tertiary/aromatic N) is 2. The smallest absolute Gasteiger partial charge is 0.323 e. The third-order valence-electron chi connectivity index (χ3n) is 4.95. The molecule has 0 atom stereocenters. The lowest BCUT2D eigenvalue weighted by Gasteiger charge is -2.44. The Hall–Kier alpha value is -1.14. The second kappa shape index (κ2) is 7.42. The first kappa shape index (κ1) is 17.2. The Morgan fingerprint density at radius 3 is 2.32 bits per heavy atom. The van der Waals surface area contributed by atoms with E-state index in [4.69, 9.17) is 9.84 Å². The van der Waals surface area contributed by atoms with Crippen LogP contribution in [0.25, 0.3) is 0 Å². The van der Waals surface area contributed by atoms with Gasteiger partial charge in [-0.3, -0.25) is 14.5 Å². The van der Waals surface area contributed by atoms with Gasteiger partial charge >= 0.3 is 5.97 Å². The fourth-order valence-electron chi connectivity index (χ4n) is 3.76. The Kier molecular flexibility index (Phi) is 5.81. The molecule has 1 N–H and O–H groups in total. The molecule has 1 heterocycles. The molecule has 0 radical (unpaired) electrons. The molecule has 0 aromatic carbocycles. The summed E-state index contributed by atoms with van der Waals surface area (Å²) in [4.78, 5) is 27.6. The summed E-state index contributed by atoms with van der Waals surface area (Å²) in [6.45, 7) is 6.71. The minimum atomic E-state index is -0.950. The number of aliphatic carboxylic acids is 1. The van der Waals surface area contributed by atoms with Gasteiger partial charge in [-0.25, -0.2) is 0 Å². The number of ether oxygens (including phenoxy) is 1. The maximum absolute atomic E-state index is 12.7. The monoisotopic (exact) mass is 312 g/mol. The number of rotatable bonds is 6. The maximum Gasteiger partial charge on any atom is 0.323 e. The van der Waals surface area contributed by atoms with Gasteiger partial charge in [0.2, 0.25) is 5.91 Å². The van der Waals surface area contributed by atoms with Crippen LogP contribution < -0.4 is 0 Å². The average Bonchev–Trinajstić information content (AvgIpc) is 2.95. The van der Waals surface area contributed by atoms with Gasteiger partial charge in [-0.15, -0.1) is 0 Å². The Balaban J connectivity index is 2.08. The van der Waals surface area contributed by atoms with Crippen LogP contribution in [0.2, 0.25) is 0 Å². The van der Waals surface area contributed by atoms with E-state index in [-0.39, 0.29) is 24.0 Å². The average molecular weight is 312 g/mol. The van der Waals surface area contributed by atoms with Gasteiger partial charge in [0.15, 0.2) is 0 Å². The van der Waals surface area contributed by atoms with Crippen LogP contribution in [0.4, 0.5) is 0 Å². The molecule has 2 aliphatic rings. The lowest BCUT2D eigenvalue weighted by atomic mass is 9.89. The van der Waals surface area contributed by atoms with Crippen LogP contribution >= 0.6 is 0 Å². The molecule has 1 aliphatic heterocycles. The lowest BCUT2D eigenvalue weighted by Crippen LogP contribution is -2.55. The minimum Gasteiger partial charge on any atom is -0.480 e.